The van der Waals surface area contributed by atoms with E-state index in [4.69, 9.17) is 25.8 Å². The molecule has 0 radical (unpaired) electrons. The number of carbonyl (C=O) groups excluding carboxylic acids is 2. The van der Waals surface area contributed by atoms with Gasteiger partial charge in [-0.05, 0) is 31.2 Å². The van der Waals surface area contributed by atoms with Crippen LogP contribution in [-0.2, 0) is 9.53 Å². The highest BCUT2D eigenvalue weighted by molar-refractivity contribution is 6.32. The number of hydrogen-bond acceptors (Lipinski definition) is 6. The van der Waals surface area contributed by atoms with Crippen molar-refractivity contribution in [1.29, 1.82) is 0 Å². The minimum absolute atomic E-state index is 0.0203. The molecule has 0 spiro atoms. The van der Waals surface area contributed by atoms with Crippen LogP contribution in [0.15, 0.2) is 36.5 Å². The molecule has 0 saturated heterocycles. The Morgan fingerprint density at radius 3 is 2.76 bits per heavy atom. The highest BCUT2D eigenvalue weighted by atomic mass is 35.5. The van der Waals surface area contributed by atoms with Crippen LogP contribution in [0.25, 0.3) is 0 Å². The predicted molar refractivity (Wildman–Crippen MR) is 90.2 cm³/mol. The second-order valence-corrected chi connectivity index (χ2v) is 5.60. The summed E-state index contributed by atoms with van der Waals surface area (Å²) in [5, 5.41) is 2.68. The van der Waals surface area contributed by atoms with Crippen LogP contribution in [0.5, 0.6) is 11.5 Å². The summed E-state index contributed by atoms with van der Waals surface area (Å²) in [6, 6.07) is 8.07. The Bertz CT molecular complexity index is 811. The van der Waals surface area contributed by atoms with Crippen molar-refractivity contribution >= 4 is 29.2 Å². The lowest BCUT2D eigenvalue weighted by Gasteiger charge is -2.19. The second kappa shape index (κ2) is 7.40. The topological polar surface area (TPSA) is 86.8 Å². The summed E-state index contributed by atoms with van der Waals surface area (Å²) in [6.45, 7) is 2.41. The molecule has 1 aliphatic heterocycles. The molecular formula is C17H15ClN2O5. The number of fused-ring (bicyclic) bond motifs is 1. The number of halogens is 1. The molecule has 0 saturated carbocycles. The summed E-state index contributed by atoms with van der Waals surface area (Å²) in [6.07, 6.45) is 0.439. The largest absolute Gasteiger partial charge is 0.486 e. The van der Waals surface area contributed by atoms with E-state index in [2.05, 4.69) is 10.3 Å². The maximum Gasteiger partial charge on any atom is 0.342 e. The van der Waals surface area contributed by atoms with Gasteiger partial charge in [0.05, 0.1) is 5.56 Å². The number of pyridine rings is 1. The Morgan fingerprint density at radius 2 is 2.00 bits per heavy atom. The van der Waals surface area contributed by atoms with Gasteiger partial charge in [0, 0.05) is 18.0 Å². The van der Waals surface area contributed by atoms with Crippen LogP contribution in [0, 0.1) is 0 Å². The molecular weight excluding hydrogens is 348 g/mol. The fourth-order valence-corrected chi connectivity index (χ4v) is 2.38. The molecule has 1 aromatic carbocycles. The third-order valence-corrected chi connectivity index (χ3v) is 3.74. The van der Waals surface area contributed by atoms with Crippen molar-refractivity contribution in [2.24, 2.45) is 0 Å². The molecule has 1 aromatic heterocycles. The van der Waals surface area contributed by atoms with Gasteiger partial charge in [0.15, 0.2) is 17.6 Å². The van der Waals surface area contributed by atoms with Crippen LogP contribution in [0.3, 0.4) is 0 Å². The predicted octanol–water partition coefficient (Wildman–Crippen LogP) is 2.69. The van der Waals surface area contributed by atoms with Gasteiger partial charge in [0.25, 0.3) is 5.91 Å². The smallest absolute Gasteiger partial charge is 0.342 e. The number of amides is 1. The molecule has 1 aliphatic rings. The van der Waals surface area contributed by atoms with Crippen LogP contribution >= 0.6 is 11.6 Å². The average molecular weight is 363 g/mol. The Hall–Kier alpha value is -2.80. The number of benzene rings is 1. The lowest BCUT2D eigenvalue weighted by atomic mass is 10.2. The van der Waals surface area contributed by atoms with Gasteiger partial charge in [0.2, 0.25) is 0 Å². The van der Waals surface area contributed by atoms with Crippen molar-refractivity contribution in [2.45, 2.75) is 13.0 Å². The summed E-state index contributed by atoms with van der Waals surface area (Å²) < 4.78 is 16.0. The summed E-state index contributed by atoms with van der Waals surface area (Å²) in [5.41, 5.74) is 0.611. The van der Waals surface area contributed by atoms with Gasteiger partial charge < -0.3 is 19.5 Å². The highest BCUT2D eigenvalue weighted by Crippen LogP contribution is 2.32. The van der Waals surface area contributed by atoms with E-state index in [0.29, 0.717) is 30.4 Å². The second-order valence-electron chi connectivity index (χ2n) is 5.24. The Balaban J connectivity index is 1.63. The quantitative estimate of drug-likeness (QED) is 0.664. The number of anilines is 1. The fourth-order valence-electron chi connectivity index (χ4n) is 2.18. The summed E-state index contributed by atoms with van der Waals surface area (Å²) in [7, 11) is 0. The van der Waals surface area contributed by atoms with Crippen LogP contribution in [0.2, 0.25) is 5.15 Å². The van der Waals surface area contributed by atoms with E-state index >= 15 is 0 Å². The van der Waals surface area contributed by atoms with E-state index in [1.807, 2.05) is 0 Å². The summed E-state index contributed by atoms with van der Waals surface area (Å²) >= 11 is 5.84. The lowest BCUT2D eigenvalue weighted by Crippen LogP contribution is -2.30. The number of ether oxygens (including phenoxy) is 3. The number of nitrogens with one attached hydrogen (secondary N) is 1. The number of aromatic nitrogens is 1. The molecule has 0 fully saturated rings. The Kier molecular flexibility index (Phi) is 5.04. The fraction of sp³-hybridized carbons (Fsp3) is 0.235. The molecule has 25 heavy (non-hydrogen) atoms. The van der Waals surface area contributed by atoms with E-state index in [0.717, 1.165) is 0 Å². The van der Waals surface area contributed by atoms with Gasteiger partial charge in [-0.2, -0.15) is 0 Å². The Labute approximate surface area is 148 Å². The van der Waals surface area contributed by atoms with E-state index < -0.39 is 18.0 Å². The molecule has 1 N–H and O–H groups in total. The molecule has 0 bridgehead atoms. The number of rotatable bonds is 4. The molecule has 2 heterocycles. The molecule has 1 amide bonds. The highest BCUT2D eigenvalue weighted by Gasteiger charge is 2.21. The van der Waals surface area contributed by atoms with Crippen molar-refractivity contribution in [2.75, 3.05) is 18.5 Å². The van der Waals surface area contributed by atoms with E-state index in [9.17, 15) is 9.59 Å². The summed E-state index contributed by atoms with van der Waals surface area (Å²) in [5.74, 6) is -0.0289. The summed E-state index contributed by atoms with van der Waals surface area (Å²) in [4.78, 5) is 28.1. The average Bonchev–Trinajstić information content (AvgIpc) is 2.61. The number of esters is 1. The maximum absolute atomic E-state index is 12.2. The first kappa shape index (κ1) is 17.0. The molecule has 2 aromatic rings. The Morgan fingerprint density at radius 1 is 1.24 bits per heavy atom. The zero-order valence-corrected chi connectivity index (χ0v) is 14.1. The van der Waals surface area contributed by atoms with Gasteiger partial charge >= 0.3 is 5.97 Å². The first-order valence-corrected chi connectivity index (χ1v) is 7.94. The molecule has 7 nitrogen and oxygen atoms in total. The minimum atomic E-state index is -1.02. The zero-order chi connectivity index (χ0) is 17.8. The normalized spacial score (nSPS) is 13.7. The molecule has 0 aliphatic carbocycles. The van der Waals surface area contributed by atoms with Crippen molar-refractivity contribution in [3.05, 3.63) is 47.2 Å². The van der Waals surface area contributed by atoms with Crippen LogP contribution < -0.4 is 14.8 Å². The van der Waals surface area contributed by atoms with Crippen molar-refractivity contribution in [3.63, 3.8) is 0 Å². The molecule has 8 heteroatoms. The maximum atomic E-state index is 12.2. The van der Waals surface area contributed by atoms with Gasteiger partial charge in [-0.3, -0.25) is 4.79 Å². The van der Waals surface area contributed by atoms with E-state index in [-0.39, 0.29) is 10.7 Å². The molecule has 0 unspecified atom stereocenters. The monoisotopic (exact) mass is 362 g/mol. The molecule has 130 valence electrons. The van der Waals surface area contributed by atoms with Crippen LogP contribution in [0.4, 0.5) is 5.69 Å². The lowest BCUT2D eigenvalue weighted by molar-refractivity contribution is -0.123. The van der Waals surface area contributed by atoms with Crippen LogP contribution in [0.1, 0.15) is 17.3 Å². The zero-order valence-electron chi connectivity index (χ0n) is 13.3. The van der Waals surface area contributed by atoms with E-state index in [1.54, 1.807) is 24.3 Å². The first-order valence-electron chi connectivity index (χ1n) is 7.56. The third-order valence-electron chi connectivity index (χ3n) is 3.44. The van der Waals surface area contributed by atoms with Gasteiger partial charge in [0.1, 0.15) is 18.4 Å². The standard InChI is InChI=1S/C17H15ClN2O5/c1-10(25-17(22)12-3-2-6-19-15(12)18)16(21)20-11-4-5-13-14(9-11)24-8-7-23-13/h2-6,9-10H,7-8H2,1H3,(H,20,21)/t10-/m1/s1. The van der Waals surface area contributed by atoms with Crippen LogP contribution in [-0.4, -0.2) is 36.2 Å². The van der Waals surface area contributed by atoms with Gasteiger partial charge in [-0.15, -0.1) is 0 Å². The van der Waals surface area contributed by atoms with Gasteiger partial charge in [-0.25, -0.2) is 9.78 Å². The first-order chi connectivity index (χ1) is 12.0. The van der Waals surface area contributed by atoms with Crippen molar-refractivity contribution < 1.29 is 23.8 Å². The van der Waals surface area contributed by atoms with Gasteiger partial charge in [-0.1, -0.05) is 11.6 Å². The van der Waals surface area contributed by atoms with Crippen molar-refractivity contribution in [1.82, 2.24) is 4.98 Å². The van der Waals surface area contributed by atoms with E-state index in [1.165, 1.54) is 19.2 Å². The SMILES string of the molecule is C[C@@H](OC(=O)c1cccnc1Cl)C(=O)Nc1ccc2c(c1)OCCO2. The third kappa shape index (κ3) is 4.00. The van der Waals surface area contributed by atoms with Crippen molar-refractivity contribution in [3.8, 4) is 11.5 Å². The minimum Gasteiger partial charge on any atom is -0.486 e. The molecule has 3 rings (SSSR count). The molecule has 1 atom stereocenters. The number of nitrogens with zero attached hydrogens (tertiary/aromatic N) is 1. The number of hydrogen-bond donors (Lipinski definition) is 1. The number of carbonyl (C=O) groups is 2.